The molecule has 2 amide bonds. The van der Waals surface area contributed by atoms with Crippen LogP contribution in [0.25, 0.3) is 0 Å². The zero-order valence-electron chi connectivity index (χ0n) is 30.0. The number of ether oxygens (including phenoxy) is 1. The van der Waals surface area contributed by atoms with Crippen molar-refractivity contribution in [3.8, 4) is 0 Å². The highest BCUT2D eigenvalue weighted by atomic mass is 32.2. The Morgan fingerprint density at radius 2 is 1.09 bits per heavy atom. The highest BCUT2D eigenvalue weighted by molar-refractivity contribution is 8.00. The summed E-state index contributed by atoms with van der Waals surface area (Å²) in [7, 11) is 0. The number of thioether (sulfide) groups is 1. The summed E-state index contributed by atoms with van der Waals surface area (Å²) in [6, 6.07) is 59.5. The fourth-order valence-electron chi connectivity index (χ4n) is 7.56. The van der Waals surface area contributed by atoms with Crippen LogP contribution in [0, 0.1) is 5.92 Å². The van der Waals surface area contributed by atoms with Crippen LogP contribution < -0.4 is 21.2 Å². The Morgan fingerprint density at radius 1 is 0.655 bits per heavy atom. The van der Waals surface area contributed by atoms with Gasteiger partial charge < -0.3 is 10.1 Å². The fraction of sp³-hybridized carbons (Fsp3) is 0.106. The highest BCUT2D eigenvalue weighted by Crippen LogP contribution is 2.52. The average molecular weight is 759 g/mol. The SMILES string of the molecule is O=C(Cc1ccccc1)NC(C1C(=O)N2C(C(=O)OC(c3ccccc3)c3ccccc3)=CCS[C@@H]12)=P(c1ccccc1)(c1ccccc1)c1ccccc1. The van der Waals surface area contributed by atoms with Gasteiger partial charge in [0.15, 0.2) is 6.10 Å². The minimum absolute atomic E-state index is 0.142. The first-order chi connectivity index (χ1) is 27.1. The first kappa shape index (κ1) is 36.1. The first-order valence-corrected chi connectivity index (χ1v) is 21.1. The highest BCUT2D eigenvalue weighted by Gasteiger charge is 2.56. The van der Waals surface area contributed by atoms with Gasteiger partial charge in [-0.1, -0.05) is 182 Å². The van der Waals surface area contributed by atoms with Crippen LogP contribution in [0.3, 0.4) is 0 Å². The summed E-state index contributed by atoms with van der Waals surface area (Å²) in [5.74, 6) is -1.26. The number of amides is 2. The number of carbonyl (C=O) groups excluding carboxylic acids is 3. The van der Waals surface area contributed by atoms with Crippen LogP contribution in [0.1, 0.15) is 22.8 Å². The summed E-state index contributed by atoms with van der Waals surface area (Å²) in [5.41, 5.74) is 3.42. The van der Waals surface area contributed by atoms with E-state index in [1.165, 1.54) is 0 Å². The van der Waals surface area contributed by atoms with E-state index in [-0.39, 0.29) is 23.9 Å². The van der Waals surface area contributed by atoms with E-state index in [0.29, 0.717) is 11.2 Å². The molecule has 2 heterocycles. The molecule has 55 heavy (non-hydrogen) atoms. The second kappa shape index (κ2) is 16.2. The van der Waals surface area contributed by atoms with Crippen molar-refractivity contribution >= 4 is 57.8 Å². The number of carbonyl (C=O) groups is 3. The molecule has 2 aliphatic heterocycles. The van der Waals surface area contributed by atoms with Crippen molar-refractivity contribution in [2.24, 2.45) is 5.92 Å². The Balaban J connectivity index is 1.25. The molecule has 2 aliphatic rings. The molecule has 1 fully saturated rings. The Morgan fingerprint density at radius 3 is 1.56 bits per heavy atom. The number of benzene rings is 6. The number of fused-ring (bicyclic) bond motifs is 1. The summed E-state index contributed by atoms with van der Waals surface area (Å²) in [6.07, 6.45) is 1.26. The largest absolute Gasteiger partial charge is 0.448 e. The molecule has 272 valence electrons. The molecule has 6 aromatic rings. The van der Waals surface area contributed by atoms with Crippen LogP contribution in [-0.4, -0.2) is 39.2 Å². The lowest BCUT2D eigenvalue weighted by Crippen LogP contribution is -2.66. The van der Waals surface area contributed by atoms with Gasteiger partial charge in [-0.25, -0.2) is 4.79 Å². The predicted octanol–water partition coefficient (Wildman–Crippen LogP) is 7.22. The van der Waals surface area contributed by atoms with E-state index < -0.39 is 30.3 Å². The van der Waals surface area contributed by atoms with Crippen molar-refractivity contribution in [2.45, 2.75) is 17.9 Å². The van der Waals surface area contributed by atoms with Gasteiger partial charge in [0.2, 0.25) is 11.8 Å². The third-order valence-electron chi connectivity index (χ3n) is 10.0. The molecular weight excluding hydrogens is 720 g/mol. The molecule has 0 spiro atoms. The lowest BCUT2D eigenvalue weighted by molar-refractivity contribution is -0.153. The van der Waals surface area contributed by atoms with Gasteiger partial charge in [-0.2, -0.15) is 0 Å². The number of hydrogen-bond acceptors (Lipinski definition) is 5. The first-order valence-electron chi connectivity index (χ1n) is 18.3. The number of esters is 1. The Hall–Kier alpha value is -5.88. The van der Waals surface area contributed by atoms with Gasteiger partial charge in [0.1, 0.15) is 17.0 Å². The standard InChI is InChI=1S/C47H39N2O4PS/c50-41(33-34-19-7-1-8-20-34)48-44(54(37-25-13-4-14-26-37,38-27-15-5-16-28-38)39-29-17-6-18-30-39)42-45(51)49-40(31-32-55-46(42)49)47(52)53-43(35-21-9-2-10-22-35)36-23-11-3-12-24-36/h1-31,42-43,46H,32-33H2,(H,48,50)/t42?,46-/m0/s1. The lowest BCUT2D eigenvalue weighted by atomic mass is 9.96. The summed E-state index contributed by atoms with van der Waals surface area (Å²) in [6.45, 7) is -2.90. The van der Waals surface area contributed by atoms with Crippen molar-refractivity contribution in [2.75, 3.05) is 5.75 Å². The molecule has 8 rings (SSSR count). The second-order valence-corrected chi connectivity index (χ2v) is 17.9. The number of nitrogens with one attached hydrogen (secondary N) is 1. The van der Waals surface area contributed by atoms with Gasteiger partial charge in [-0.15, -0.1) is 11.8 Å². The van der Waals surface area contributed by atoms with Gasteiger partial charge >= 0.3 is 5.97 Å². The van der Waals surface area contributed by atoms with E-state index >= 15 is 0 Å². The molecule has 0 aromatic heterocycles. The molecule has 0 bridgehead atoms. The summed E-state index contributed by atoms with van der Waals surface area (Å²) in [5, 5.41) is 6.00. The molecular formula is C47H39N2O4PS. The van der Waals surface area contributed by atoms with Crippen LogP contribution in [0.15, 0.2) is 194 Å². The predicted molar refractivity (Wildman–Crippen MR) is 224 cm³/mol. The van der Waals surface area contributed by atoms with E-state index in [1.807, 2.05) is 146 Å². The van der Waals surface area contributed by atoms with Crippen LogP contribution in [0.5, 0.6) is 0 Å². The summed E-state index contributed by atoms with van der Waals surface area (Å²) < 4.78 is 6.29. The lowest BCUT2D eigenvalue weighted by Gasteiger charge is -2.51. The monoisotopic (exact) mass is 758 g/mol. The molecule has 1 saturated heterocycles. The van der Waals surface area contributed by atoms with E-state index in [1.54, 1.807) is 22.7 Å². The van der Waals surface area contributed by atoms with Crippen molar-refractivity contribution in [1.82, 2.24) is 10.2 Å². The van der Waals surface area contributed by atoms with Crippen molar-refractivity contribution in [3.05, 3.63) is 210 Å². The second-order valence-electron chi connectivity index (χ2n) is 13.4. The molecule has 1 unspecified atom stereocenters. The topological polar surface area (TPSA) is 75.7 Å². The Labute approximate surface area is 325 Å². The van der Waals surface area contributed by atoms with Gasteiger partial charge in [-0.05, 0) is 45.6 Å². The van der Waals surface area contributed by atoms with Crippen molar-refractivity contribution < 1.29 is 19.1 Å². The van der Waals surface area contributed by atoms with Crippen molar-refractivity contribution in [1.29, 1.82) is 0 Å². The minimum Gasteiger partial charge on any atom is -0.448 e. The van der Waals surface area contributed by atoms with E-state index in [9.17, 15) is 14.4 Å². The molecule has 6 nitrogen and oxygen atoms in total. The number of β-lactam (4-membered cyclic amide) rings is 1. The molecule has 0 saturated carbocycles. The van der Waals surface area contributed by atoms with Crippen LogP contribution >= 0.6 is 18.6 Å². The third-order valence-corrected chi connectivity index (χ3v) is 15.6. The van der Waals surface area contributed by atoms with Gasteiger partial charge in [0, 0.05) is 11.2 Å². The average Bonchev–Trinajstić information content (AvgIpc) is 3.24. The smallest absolute Gasteiger partial charge is 0.355 e. The molecule has 1 N–H and O–H groups in total. The van der Waals surface area contributed by atoms with Crippen LogP contribution in [0.2, 0.25) is 0 Å². The number of hydrogen-bond donors (Lipinski definition) is 1. The maximum absolute atomic E-state index is 15.0. The summed E-state index contributed by atoms with van der Waals surface area (Å²) >= 11 is 1.59. The van der Waals surface area contributed by atoms with Crippen LogP contribution in [0.4, 0.5) is 0 Å². The fourth-order valence-corrected chi connectivity index (χ4v) is 13.5. The van der Waals surface area contributed by atoms with E-state index in [0.717, 1.165) is 32.6 Å². The number of nitrogens with zero attached hydrogens (tertiary/aromatic N) is 1. The quantitative estimate of drug-likeness (QED) is 0.0859. The summed E-state index contributed by atoms with van der Waals surface area (Å²) in [4.78, 5) is 45.1. The Kier molecular flexibility index (Phi) is 10.7. The van der Waals surface area contributed by atoms with E-state index in [4.69, 9.17) is 4.74 Å². The molecule has 6 aromatic carbocycles. The Bertz CT molecular complexity index is 2230. The van der Waals surface area contributed by atoms with Gasteiger partial charge in [0.05, 0.1) is 6.42 Å². The normalized spacial score (nSPS) is 16.3. The molecule has 8 heteroatoms. The van der Waals surface area contributed by atoms with E-state index in [2.05, 4.69) is 41.7 Å². The molecule has 0 radical (unpaired) electrons. The van der Waals surface area contributed by atoms with Crippen LogP contribution in [-0.2, 0) is 25.5 Å². The zero-order valence-corrected chi connectivity index (χ0v) is 31.7. The molecule has 2 atom stereocenters. The zero-order chi connectivity index (χ0) is 37.6. The maximum atomic E-state index is 15.0. The minimum atomic E-state index is -2.90. The number of rotatable bonds is 11. The molecule has 0 aliphatic carbocycles. The van der Waals surface area contributed by atoms with Gasteiger partial charge in [0.25, 0.3) is 0 Å². The van der Waals surface area contributed by atoms with Gasteiger partial charge in [-0.3, -0.25) is 14.5 Å². The van der Waals surface area contributed by atoms with Crippen molar-refractivity contribution in [3.63, 3.8) is 0 Å². The maximum Gasteiger partial charge on any atom is 0.355 e. The third kappa shape index (κ3) is 7.09.